The van der Waals surface area contributed by atoms with Crippen LogP contribution in [0.25, 0.3) is 0 Å². The van der Waals surface area contributed by atoms with Crippen molar-refractivity contribution in [2.24, 2.45) is 0 Å². The topological polar surface area (TPSA) is 73.9 Å². The highest BCUT2D eigenvalue weighted by Gasteiger charge is 2.52. The minimum Gasteiger partial charge on any atom is -0.460 e. The molecule has 1 aliphatic heterocycles. The fourth-order valence-electron chi connectivity index (χ4n) is 3.87. The van der Waals surface area contributed by atoms with E-state index in [1.807, 2.05) is 72.7 Å². The molecule has 0 aromatic heterocycles. The summed E-state index contributed by atoms with van der Waals surface area (Å²) in [6, 6.07) is 13.0. The first kappa shape index (κ1) is 28.2. The van der Waals surface area contributed by atoms with Gasteiger partial charge in [0.15, 0.2) is 5.78 Å². The van der Waals surface area contributed by atoms with Crippen LogP contribution in [0.5, 0.6) is 0 Å². The van der Waals surface area contributed by atoms with E-state index >= 15 is 0 Å². The van der Waals surface area contributed by atoms with Gasteiger partial charge in [0.1, 0.15) is 5.60 Å². The molecule has 8 heteroatoms. The lowest BCUT2D eigenvalue weighted by atomic mass is 9.78. The van der Waals surface area contributed by atoms with Crippen LogP contribution in [0.1, 0.15) is 77.2 Å². The van der Waals surface area contributed by atoms with Gasteiger partial charge in [-0.2, -0.15) is 0 Å². The van der Waals surface area contributed by atoms with Gasteiger partial charge in [-0.1, -0.05) is 35.9 Å². The summed E-state index contributed by atoms with van der Waals surface area (Å²) in [5, 5.41) is 3.75. The Kier molecular flexibility index (Phi) is 8.59. The van der Waals surface area contributed by atoms with Crippen molar-refractivity contribution in [1.82, 2.24) is 0 Å². The Morgan fingerprint density at radius 1 is 1.03 bits per heavy atom. The molecule has 1 heterocycles. The van der Waals surface area contributed by atoms with E-state index in [2.05, 4.69) is 5.32 Å². The molecule has 1 N–H and O–H groups in total. The highest BCUT2D eigenvalue weighted by molar-refractivity contribution is 6.65. The number of ketones is 1. The zero-order chi connectivity index (χ0) is 26.7. The molecular weight excluding hydrogens is 477 g/mol. The molecule has 0 radical (unpaired) electrons. The van der Waals surface area contributed by atoms with Crippen LogP contribution >= 0.6 is 11.6 Å². The molecule has 0 atom stereocenters. The third kappa shape index (κ3) is 7.12. The number of carbonyl (C=O) groups excluding carboxylic acids is 2. The van der Waals surface area contributed by atoms with Crippen LogP contribution in [-0.2, 0) is 25.3 Å². The van der Waals surface area contributed by atoms with Gasteiger partial charge in [-0.05, 0) is 85.1 Å². The molecule has 3 rings (SSSR count). The number of ether oxygens (including phenoxy) is 1. The fraction of sp³-hybridized carbons (Fsp3) is 0.500. The molecule has 2 aromatic rings. The first-order valence-electron chi connectivity index (χ1n) is 12.4. The van der Waals surface area contributed by atoms with Crippen molar-refractivity contribution >= 4 is 41.6 Å². The third-order valence-corrected chi connectivity index (χ3v) is 6.87. The summed E-state index contributed by atoms with van der Waals surface area (Å²) in [6.07, 6.45) is 1.71. The predicted octanol–water partition coefficient (Wildman–Crippen LogP) is 5.60. The van der Waals surface area contributed by atoms with E-state index in [0.29, 0.717) is 35.3 Å². The monoisotopic (exact) mass is 513 g/mol. The normalized spacial score (nSPS) is 16.6. The Hall–Kier alpha value is -2.35. The van der Waals surface area contributed by atoms with Crippen LogP contribution in [0, 0.1) is 0 Å². The minimum absolute atomic E-state index is 0.0759. The Labute approximate surface area is 220 Å². The van der Waals surface area contributed by atoms with E-state index in [1.165, 1.54) is 0 Å². The van der Waals surface area contributed by atoms with Gasteiger partial charge in [0.05, 0.1) is 17.7 Å². The van der Waals surface area contributed by atoms with Crippen LogP contribution in [-0.4, -0.2) is 42.2 Å². The molecule has 194 valence electrons. The first-order chi connectivity index (χ1) is 16.7. The highest BCUT2D eigenvalue weighted by atomic mass is 35.5. The number of aryl methyl sites for hydroxylation is 1. The van der Waals surface area contributed by atoms with E-state index in [-0.39, 0.29) is 18.3 Å². The first-order valence-corrected chi connectivity index (χ1v) is 12.8. The van der Waals surface area contributed by atoms with Gasteiger partial charge in [0.25, 0.3) is 0 Å². The molecule has 0 spiro atoms. The molecule has 0 bridgehead atoms. The number of hydrogen-bond donors (Lipinski definition) is 1. The van der Waals surface area contributed by atoms with E-state index in [1.54, 1.807) is 18.2 Å². The van der Waals surface area contributed by atoms with Gasteiger partial charge in [-0.3, -0.25) is 9.59 Å². The largest absolute Gasteiger partial charge is 0.496 e. The van der Waals surface area contributed by atoms with Crippen LogP contribution in [0.15, 0.2) is 42.5 Å². The Morgan fingerprint density at radius 3 is 2.31 bits per heavy atom. The summed E-state index contributed by atoms with van der Waals surface area (Å²) in [4.78, 5) is 25.1. The van der Waals surface area contributed by atoms with Gasteiger partial charge in [0.2, 0.25) is 0 Å². The van der Waals surface area contributed by atoms with E-state index in [0.717, 1.165) is 11.3 Å². The molecule has 0 saturated carbocycles. The third-order valence-electron chi connectivity index (χ3n) is 6.53. The number of esters is 1. The maximum atomic E-state index is 13.1. The van der Waals surface area contributed by atoms with Crippen LogP contribution in [0.2, 0.25) is 5.02 Å². The lowest BCUT2D eigenvalue weighted by Gasteiger charge is -2.32. The van der Waals surface area contributed by atoms with Gasteiger partial charge in [0, 0.05) is 28.2 Å². The van der Waals surface area contributed by atoms with E-state index in [4.69, 9.17) is 25.6 Å². The van der Waals surface area contributed by atoms with Gasteiger partial charge >= 0.3 is 13.1 Å². The second-order valence-corrected chi connectivity index (χ2v) is 11.6. The second kappa shape index (κ2) is 11.0. The average Bonchev–Trinajstić information content (AvgIpc) is 2.98. The zero-order valence-electron chi connectivity index (χ0n) is 22.4. The van der Waals surface area contributed by atoms with Crippen molar-refractivity contribution in [3.8, 4) is 0 Å². The Morgan fingerprint density at radius 2 is 1.67 bits per heavy atom. The summed E-state index contributed by atoms with van der Waals surface area (Å²) in [7, 11) is -0.645. The maximum absolute atomic E-state index is 13.1. The van der Waals surface area contributed by atoms with Crippen molar-refractivity contribution in [1.29, 1.82) is 0 Å². The second-order valence-electron chi connectivity index (χ2n) is 11.2. The molecule has 6 nitrogen and oxygen atoms in total. The number of hydrogen-bond acceptors (Lipinski definition) is 6. The highest BCUT2D eigenvalue weighted by Crippen LogP contribution is 2.37. The van der Waals surface area contributed by atoms with Crippen molar-refractivity contribution in [3.05, 3.63) is 58.6 Å². The zero-order valence-corrected chi connectivity index (χ0v) is 23.1. The van der Waals surface area contributed by atoms with Crippen LogP contribution < -0.4 is 10.8 Å². The smallest absolute Gasteiger partial charge is 0.460 e. The van der Waals surface area contributed by atoms with Gasteiger partial charge in [-0.15, -0.1) is 0 Å². The maximum Gasteiger partial charge on any atom is 0.496 e. The molecule has 0 unspecified atom stereocenters. The van der Waals surface area contributed by atoms with E-state index < -0.39 is 23.9 Å². The number of halogens is 1. The average molecular weight is 514 g/mol. The number of para-hydroxylation sites is 1. The molecule has 0 aliphatic carbocycles. The van der Waals surface area contributed by atoms with Gasteiger partial charge < -0.3 is 19.4 Å². The molecule has 36 heavy (non-hydrogen) atoms. The van der Waals surface area contributed by atoms with Crippen molar-refractivity contribution < 1.29 is 23.6 Å². The Bertz CT molecular complexity index is 1090. The summed E-state index contributed by atoms with van der Waals surface area (Å²) in [6.45, 7) is 13.6. The van der Waals surface area contributed by atoms with Crippen LogP contribution in [0.4, 0.5) is 5.69 Å². The quantitative estimate of drug-likeness (QED) is 0.267. The standard InChI is InChI=1S/C28H37BClNO5/c1-26(2,3)34-25(33)14-10-12-19-11-8-9-13-23(19)31-18-24(32)20-15-16-22(30)21(17-20)29-35-27(4,5)28(6,7)36-29/h8-9,11,13,15-17,31H,10,12,14,18H2,1-7H3. The predicted molar refractivity (Wildman–Crippen MR) is 145 cm³/mol. The molecule has 1 fully saturated rings. The minimum atomic E-state index is -0.645. The number of anilines is 1. The fourth-order valence-corrected chi connectivity index (χ4v) is 4.08. The summed E-state index contributed by atoms with van der Waals surface area (Å²) < 4.78 is 17.6. The summed E-state index contributed by atoms with van der Waals surface area (Å²) in [5.41, 5.74) is 1.59. The Balaban J connectivity index is 1.63. The van der Waals surface area contributed by atoms with Crippen molar-refractivity contribution in [2.75, 3.05) is 11.9 Å². The molecule has 0 amide bonds. The number of nitrogens with one attached hydrogen (secondary N) is 1. The number of carbonyl (C=O) groups is 2. The van der Waals surface area contributed by atoms with Crippen molar-refractivity contribution in [2.45, 2.75) is 84.5 Å². The molecule has 1 aliphatic rings. The molecular formula is C28H37BClNO5. The van der Waals surface area contributed by atoms with Crippen molar-refractivity contribution in [3.63, 3.8) is 0 Å². The molecule has 2 aromatic carbocycles. The van der Waals surface area contributed by atoms with Gasteiger partial charge in [-0.25, -0.2) is 0 Å². The lowest BCUT2D eigenvalue weighted by molar-refractivity contribution is -0.154. The SMILES string of the molecule is CC(C)(C)OC(=O)CCCc1ccccc1NCC(=O)c1ccc(Cl)c(B2OC(C)(C)C(C)(C)O2)c1. The molecule has 1 saturated heterocycles. The summed E-state index contributed by atoms with van der Waals surface area (Å²) in [5.74, 6) is -0.281. The lowest BCUT2D eigenvalue weighted by Crippen LogP contribution is -2.41. The summed E-state index contributed by atoms with van der Waals surface area (Å²) >= 11 is 6.45. The van der Waals surface area contributed by atoms with Crippen LogP contribution in [0.3, 0.4) is 0 Å². The number of Topliss-reactive ketones (excluding diaryl/α,β-unsaturated/α-hetero) is 1. The van der Waals surface area contributed by atoms with E-state index in [9.17, 15) is 9.59 Å². The number of benzene rings is 2. The number of rotatable bonds is 9.